The molecule has 0 bridgehead atoms. The van der Waals surface area contributed by atoms with Crippen molar-refractivity contribution < 1.29 is 24.5 Å². The van der Waals surface area contributed by atoms with E-state index in [2.05, 4.69) is 55.6 Å². The zero-order valence-corrected chi connectivity index (χ0v) is 47.5. The van der Waals surface area contributed by atoms with Crippen LogP contribution in [0.2, 0.25) is 0 Å². The van der Waals surface area contributed by atoms with Gasteiger partial charge in [0.05, 0.1) is 25.4 Å². The van der Waals surface area contributed by atoms with Crippen molar-refractivity contribution in [2.45, 2.75) is 341 Å². The molecule has 0 aromatic carbocycles. The normalized spacial score (nSPS) is 12.9. The first-order valence-corrected chi connectivity index (χ1v) is 31.4. The summed E-state index contributed by atoms with van der Waals surface area (Å²) < 4.78 is 5.46. The lowest BCUT2D eigenvalue weighted by Gasteiger charge is -2.20. The van der Waals surface area contributed by atoms with Crippen molar-refractivity contribution in [1.29, 1.82) is 0 Å². The maximum atomic E-state index is 12.5. The first-order valence-electron chi connectivity index (χ1n) is 31.4. The lowest BCUT2D eigenvalue weighted by Crippen LogP contribution is -2.45. The third kappa shape index (κ3) is 57.0. The second-order valence-electron chi connectivity index (χ2n) is 21.4. The summed E-state index contributed by atoms with van der Waals surface area (Å²) in [5, 5.41) is 23.2. The molecule has 0 saturated heterocycles. The van der Waals surface area contributed by atoms with Gasteiger partial charge in [0.25, 0.3) is 0 Å². The fraction of sp³-hybridized carbons (Fsp3) is 0.846. The van der Waals surface area contributed by atoms with Gasteiger partial charge in [-0.1, -0.05) is 268 Å². The molecule has 6 heteroatoms. The number of aliphatic hydroxyl groups excluding tert-OH is 2. The van der Waals surface area contributed by atoms with Gasteiger partial charge >= 0.3 is 5.97 Å². The number of amides is 1. The predicted octanol–water partition coefficient (Wildman–Crippen LogP) is 19.7. The number of carbonyl (C=O) groups excluding carboxylic acids is 2. The molecule has 0 rings (SSSR count). The highest BCUT2D eigenvalue weighted by atomic mass is 16.5. The molecule has 71 heavy (non-hydrogen) atoms. The highest BCUT2D eigenvalue weighted by molar-refractivity contribution is 5.76. The van der Waals surface area contributed by atoms with Crippen LogP contribution in [-0.2, 0) is 14.3 Å². The molecule has 0 aliphatic carbocycles. The van der Waals surface area contributed by atoms with Gasteiger partial charge in [0.1, 0.15) is 0 Å². The van der Waals surface area contributed by atoms with E-state index < -0.39 is 12.1 Å². The molecule has 0 spiro atoms. The van der Waals surface area contributed by atoms with Crippen molar-refractivity contribution in [3.05, 3.63) is 48.6 Å². The van der Waals surface area contributed by atoms with Gasteiger partial charge in [-0.2, -0.15) is 0 Å². The summed E-state index contributed by atoms with van der Waals surface area (Å²) in [7, 11) is 0. The Morgan fingerprint density at radius 2 is 0.704 bits per heavy atom. The topological polar surface area (TPSA) is 95.9 Å². The summed E-state index contributed by atoms with van der Waals surface area (Å²) in [5.41, 5.74) is 0. The Bertz CT molecular complexity index is 1190. The molecule has 0 aliphatic rings. The number of allylic oxidation sites excluding steroid dienone is 7. The van der Waals surface area contributed by atoms with Crippen LogP contribution in [0.5, 0.6) is 0 Å². The van der Waals surface area contributed by atoms with Gasteiger partial charge < -0.3 is 20.3 Å². The Kier molecular flexibility index (Phi) is 58.5. The van der Waals surface area contributed by atoms with Crippen LogP contribution in [0.15, 0.2) is 48.6 Å². The molecule has 0 radical (unpaired) electrons. The van der Waals surface area contributed by atoms with E-state index >= 15 is 0 Å². The summed E-state index contributed by atoms with van der Waals surface area (Å²) in [6, 6.07) is -0.650. The second kappa shape index (κ2) is 60.4. The zero-order valence-electron chi connectivity index (χ0n) is 47.5. The van der Waals surface area contributed by atoms with Gasteiger partial charge in [-0.05, 0) is 96.3 Å². The van der Waals surface area contributed by atoms with E-state index in [0.717, 1.165) is 89.9 Å². The molecule has 0 heterocycles. The number of ether oxygens (including phenoxy) is 1. The van der Waals surface area contributed by atoms with Gasteiger partial charge in [-0.3, -0.25) is 9.59 Å². The average Bonchev–Trinajstić information content (AvgIpc) is 3.37. The van der Waals surface area contributed by atoms with Crippen molar-refractivity contribution in [2.24, 2.45) is 0 Å². The molecule has 0 saturated carbocycles. The van der Waals surface area contributed by atoms with Crippen molar-refractivity contribution in [1.82, 2.24) is 5.32 Å². The molecule has 0 aliphatic heterocycles. The minimum absolute atomic E-state index is 0.0318. The Morgan fingerprint density at radius 1 is 0.394 bits per heavy atom. The van der Waals surface area contributed by atoms with Crippen molar-refractivity contribution >= 4 is 11.9 Å². The second-order valence-corrected chi connectivity index (χ2v) is 21.4. The number of esters is 1. The molecule has 416 valence electrons. The summed E-state index contributed by atoms with van der Waals surface area (Å²) in [4.78, 5) is 24.6. The highest BCUT2D eigenvalue weighted by Gasteiger charge is 2.18. The zero-order chi connectivity index (χ0) is 51.4. The van der Waals surface area contributed by atoms with Crippen LogP contribution >= 0.6 is 0 Å². The third-order valence-electron chi connectivity index (χ3n) is 14.3. The quantitative estimate of drug-likeness (QED) is 0.0321. The molecular weight excluding hydrogens is 875 g/mol. The first kappa shape index (κ1) is 68.8. The van der Waals surface area contributed by atoms with E-state index in [4.69, 9.17) is 4.74 Å². The monoisotopic (exact) mass is 996 g/mol. The Morgan fingerprint density at radius 3 is 1.11 bits per heavy atom. The number of unbranched alkanes of at least 4 members (excludes halogenated alkanes) is 41. The van der Waals surface area contributed by atoms with E-state index in [9.17, 15) is 19.8 Å². The maximum absolute atomic E-state index is 12.5. The van der Waals surface area contributed by atoms with Crippen LogP contribution in [0.3, 0.4) is 0 Å². The minimum Gasteiger partial charge on any atom is -0.466 e. The van der Waals surface area contributed by atoms with Gasteiger partial charge in [-0.25, -0.2) is 0 Å². The summed E-state index contributed by atoms with van der Waals surface area (Å²) in [6.07, 6.45) is 77.2. The molecule has 0 fully saturated rings. The summed E-state index contributed by atoms with van der Waals surface area (Å²) in [6.45, 7) is 4.83. The van der Waals surface area contributed by atoms with Gasteiger partial charge in [0.2, 0.25) is 5.91 Å². The van der Waals surface area contributed by atoms with Crippen LogP contribution in [0, 0.1) is 0 Å². The summed E-state index contributed by atoms with van der Waals surface area (Å²) >= 11 is 0. The molecule has 0 aromatic rings. The minimum atomic E-state index is -0.864. The Hall–Kier alpha value is -2.18. The summed E-state index contributed by atoms with van der Waals surface area (Å²) in [5.74, 6) is -0.124. The Labute approximate surface area is 442 Å². The number of rotatable bonds is 58. The van der Waals surface area contributed by atoms with Gasteiger partial charge in [0, 0.05) is 12.8 Å². The van der Waals surface area contributed by atoms with E-state index in [1.807, 2.05) is 6.08 Å². The molecule has 0 aromatic heterocycles. The van der Waals surface area contributed by atoms with E-state index in [1.165, 1.54) is 212 Å². The third-order valence-corrected chi connectivity index (χ3v) is 14.3. The number of carbonyl (C=O) groups is 2. The van der Waals surface area contributed by atoms with Crippen LogP contribution in [0.1, 0.15) is 328 Å². The first-order chi connectivity index (χ1) is 35.0. The molecule has 1 amide bonds. The molecule has 2 unspecified atom stereocenters. The fourth-order valence-corrected chi connectivity index (χ4v) is 9.48. The van der Waals surface area contributed by atoms with Crippen LogP contribution in [0.25, 0.3) is 0 Å². The Balaban J connectivity index is 3.52. The molecule has 6 nitrogen and oxygen atoms in total. The van der Waals surface area contributed by atoms with Crippen LogP contribution in [-0.4, -0.2) is 47.4 Å². The predicted molar refractivity (Wildman–Crippen MR) is 310 cm³/mol. The standard InChI is InChI=1S/C65H121NO5/c1-3-5-7-9-11-13-15-17-19-21-22-23-24-25-26-27-28-30-31-33-37-41-45-49-53-57-63(68)62(61-67)66-64(69)58-54-50-46-42-38-35-36-40-44-48-52-56-60-71-65(70)59-55-51-47-43-39-34-32-29-20-18-16-14-12-10-8-6-4-2/h12,14,18,20,36,40,53,57,62-63,67-68H,3-11,13,15-17,19,21-35,37-39,41-52,54-56,58-61H2,1-2H3,(H,66,69)/b14-12-,20-18-,40-36-,57-53+. The van der Waals surface area contributed by atoms with E-state index in [-0.39, 0.29) is 18.5 Å². The number of nitrogens with one attached hydrogen (secondary N) is 1. The van der Waals surface area contributed by atoms with Crippen LogP contribution in [0.4, 0.5) is 0 Å². The average molecular weight is 997 g/mol. The lowest BCUT2D eigenvalue weighted by atomic mass is 10.0. The molecular formula is C65H121NO5. The van der Waals surface area contributed by atoms with Crippen molar-refractivity contribution in [3.8, 4) is 0 Å². The smallest absolute Gasteiger partial charge is 0.305 e. The fourth-order valence-electron chi connectivity index (χ4n) is 9.48. The van der Waals surface area contributed by atoms with E-state index in [1.54, 1.807) is 6.08 Å². The number of hydrogen-bond acceptors (Lipinski definition) is 5. The van der Waals surface area contributed by atoms with Crippen LogP contribution < -0.4 is 5.32 Å². The van der Waals surface area contributed by atoms with E-state index in [0.29, 0.717) is 19.4 Å². The van der Waals surface area contributed by atoms with Crippen molar-refractivity contribution in [3.63, 3.8) is 0 Å². The largest absolute Gasteiger partial charge is 0.466 e. The highest BCUT2D eigenvalue weighted by Crippen LogP contribution is 2.17. The number of aliphatic hydroxyl groups is 2. The van der Waals surface area contributed by atoms with Crippen molar-refractivity contribution in [2.75, 3.05) is 13.2 Å². The molecule has 2 atom stereocenters. The molecule has 3 N–H and O–H groups in total. The van der Waals surface area contributed by atoms with Gasteiger partial charge in [0.15, 0.2) is 0 Å². The maximum Gasteiger partial charge on any atom is 0.305 e. The lowest BCUT2D eigenvalue weighted by molar-refractivity contribution is -0.143. The number of hydrogen-bond donors (Lipinski definition) is 3. The SMILES string of the molecule is CCCCC/C=C\C/C=C\CCCCCCCCCC(=O)OCCCCC/C=C\CCCCCCCC(=O)NC(CO)C(O)/C=C/CCCCCCCCCCCCCCCCCCCCCCCCC. The van der Waals surface area contributed by atoms with Gasteiger partial charge in [-0.15, -0.1) is 0 Å².